The predicted octanol–water partition coefficient (Wildman–Crippen LogP) is -2.26. The van der Waals surface area contributed by atoms with Crippen LogP contribution in [0.4, 0.5) is 0 Å². The normalized spacial score (nSPS) is 13.6. The van der Waals surface area contributed by atoms with Gasteiger partial charge >= 0.3 is 5.69 Å². The highest BCUT2D eigenvalue weighted by Crippen LogP contribution is 2.01. The average Bonchev–Trinajstić information content (AvgIpc) is 2.30. The molecule has 9 heteroatoms. The van der Waals surface area contributed by atoms with Crippen molar-refractivity contribution in [3.8, 4) is 0 Å². The monoisotopic (exact) mass is 277 g/mol. The summed E-state index contributed by atoms with van der Waals surface area (Å²) < 4.78 is 27.6. The van der Waals surface area contributed by atoms with E-state index >= 15 is 0 Å². The molecule has 1 aromatic heterocycles. The summed E-state index contributed by atoms with van der Waals surface area (Å²) in [6.45, 7) is 1.05. The molecule has 0 amide bonds. The number of sulfonamides is 1. The second-order valence-corrected chi connectivity index (χ2v) is 5.64. The van der Waals surface area contributed by atoms with Crippen molar-refractivity contribution >= 4 is 10.0 Å². The lowest BCUT2D eigenvalue weighted by atomic mass is 10.4. The van der Waals surface area contributed by atoms with Crippen LogP contribution in [0.5, 0.6) is 0 Å². The van der Waals surface area contributed by atoms with Crippen molar-refractivity contribution in [2.24, 2.45) is 14.1 Å². The highest BCUT2D eigenvalue weighted by atomic mass is 32.2. The minimum absolute atomic E-state index is 0.398. The number of aromatic nitrogens is 2. The average molecular weight is 277 g/mol. The van der Waals surface area contributed by atoms with Gasteiger partial charge in [-0.25, -0.2) is 17.9 Å². The van der Waals surface area contributed by atoms with Gasteiger partial charge in [0.25, 0.3) is 5.56 Å². The molecule has 0 saturated carbocycles. The van der Waals surface area contributed by atoms with Gasteiger partial charge in [0.2, 0.25) is 10.0 Å². The minimum Gasteiger partial charge on any atom is -0.395 e. The van der Waals surface area contributed by atoms with E-state index < -0.39 is 38.8 Å². The first-order chi connectivity index (χ1) is 8.20. The number of aliphatic hydroxyl groups excluding tert-OH is 1. The van der Waals surface area contributed by atoms with Crippen molar-refractivity contribution < 1.29 is 13.5 Å². The van der Waals surface area contributed by atoms with E-state index in [-0.39, 0.29) is 0 Å². The smallest absolute Gasteiger partial charge is 0.330 e. The quantitative estimate of drug-likeness (QED) is 0.645. The van der Waals surface area contributed by atoms with Crippen LogP contribution in [0, 0.1) is 0 Å². The minimum atomic E-state index is -4.07. The van der Waals surface area contributed by atoms with Gasteiger partial charge in [0.15, 0.2) is 4.90 Å². The Labute approximate surface area is 104 Å². The maximum absolute atomic E-state index is 11.9. The third kappa shape index (κ3) is 2.68. The molecule has 0 aliphatic heterocycles. The second-order valence-electron chi connectivity index (χ2n) is 3.96. The number of aliphatic hydroxyl groups is 1. The Hall–Kier alpha value is -1.45. The van der Waals surface area contributed by atoms with Crippen LogP contribution in [0.3, 0.4) is 0 Å². The van der Waals surface area contributed by atoms with Gasteiger partial charge < -0.3 is 9.67 Å². The molecular formula is C9H15N3O5S. The number of nitrogens with one attached hydrogen (secondary N) is 1. The summed E-state index contributed by atoms with van der Waals surface area (Å²) in [5, 5.41) is 8.80. The number of hydrogen-bond acceptors (Lipinski definition) is 5. The number of nitrogens with zero attached hydrogens (tertiary/aromatic N) is 2. The van der Waals surface area contributed by atoms with E-state index in [9.17, 15) is 18.0 Å². The van der Waals surface area contributed by atoms with Crippen molar-refractivity contribution in [2.75, 3.05) is 6.61 Å². The van der Waals surface area contributed by atoms with E-state index in [1.54, 1.807) is 0 Å². The summed E-state index contributed by atoms with van der Waals surface area (Å²) in [5.74, 6) is 0. The van der Waals surface area contributed by atoms with Crippen LogP contribution in [0.2, 0.25) is 0 Å². The van der Waals surface area contributed by atoms with E-state index in [0.717, 1.165) is 10.8 Å². The molecule has 2 N–H and O–H groups in total. The van der Waals surface area contributed by atoms with Crippen LogP contribution in [-0.2, 0) is 24.1 Å². The van der Waals surface area contributed by atoms with Gasteiger partial charge in [-0.15, -0.1) is 0 Å². The Morgan fingerprint density at radius 1 is 1.39 bits per heavy atom. The molecule has 1 heterocycles. The Bertz CT molecular complexity index is 658. The molecule has 1 rings (SSSR count). The van der Waals surface area contributed by atoms with Crippen LogP contribution in [0.25, 0.3) is 0 Å². The van der Waals surface area contributed by atoms with Crippen molar-refractivity contribution in [3.05, 3.63) is 27.0 Å². The van der Waals surface area contributed by atoms with Gasteiger partial charge in [0.1, 0.15) is 0 Å². The summed E-state index contributed by atoms with van der Waals surface area (Å²) in [5.41, 5.74) is -1.52. The lowest BCUT2D eigenvalue weighted by Gasteiger charge is -2.12. The zero-order chi connectivity index (χ0) is 14.1. The largest absolute Gasteiger partial charge is 0.395 e. The molecule has 0 saturated heterocycles. The lowest BCUT2D eigenvalue weighted by molar-refractivity contribution is 0.265. The molecule has 102 valence electrons. The van der Waals surface area contributed by atoms with Crippen molar-refractivity contribution in [3.63, 3.8) is 0 Å². The highest BCUT2D eigenvalue weighted by Gasteiger charge is 2.22. The van der Waals surface area contributed by atoms with E-state index in [1.807, 2.05) is 0 Å². The van der Waals surface area contributed by atoms with Gasteiger partial charge in [-0.05, 0) is 6.92 Å². The molecule has 1 atom stereocenters. The molecule has 0 aromatic carbocycles. The summed E-state index contributed by atoms with van der Waals surface area (Å²) in [7, 11) is -1.53. The Morgan fingerprint density at radius 2 is 1.94 bits per heavy atom. The van der Waals surface area contributed by atoms with Crippen molar-refractivity contribution in [1.29, 1.82) is 0 Å². The first kappa shape index (κ1) is 14.6. The SMILES string of the molecule is C[C@@H](CO)NS(=O)(=O)c1cn(C)c(=O)n(C)c1=O. The van der Waals surface area contributed by atoms with E-state index in [1.165, 1.54) is 21.0 Å². The molecule has 0 aliphatic rings. The highest BCUT2D eigenvalue weighted by molar-refractivity contribution is 7.89. The lowest BCUT2D eigenvalue weighted by Crippen LogP contribution is -2.43. The summed E-state index contributed by atoms with van der Waals surface area (Å²) in [6.07, 6.45) is 0.955. The van der Waals surface area contributed by atoms with E-state index in [4.69, 9.17) is 5.11 Å². The molecule has 0 bridgehead atoms. The van der Waals surface area contributed by atoms with Crippen LogP contribution < -0.4 is 16.0 Å². The molecule has 18 heavy (non-hydrogen) atoms. The molecule has 0 spiro atoms. The first-order valence-corrected chi connectivity index (χ1v) is 6.59. The van der Waals surface area contributed by atoms with E-state index in [0.29, 0.717) is 4.57 Å². The van der Waals surface area contributed by atoms with Crippen LogP contribution in [-0.4, -0.2) is 35.3 Å². The molecule has 0 fully saturated rings. The van der Waals surface area contributed by atoms with Crippen molar-refractivity contribution in [1.82, 2.24) is 13.9 Å². The van der Waals surface area contributed by atoms with Crippen LogP contribution in [0.15, 0.2) is 20.7 Å². The topological polar surface area (TPSA) is 110 Å². The summed E-state index contributed by atoms with van der Waals surface area (Å²) in [6, 6.07) is -0.725. The number of rotatable bonds is 4. The molecule has 0 radical (unpaired) electrons. The van der Waals surface area contributed by atoms with Gasteiger partial charge in [0.05, 0.1) is 6.61 Å². The fraction of sp³-hybridized carbons (Fsp3) is 0.556. The molecule has 8 nitrogen and oxygen atoms in total. The number of hydrogen-bond donors (Lipinski definition) is 2. The predicted molar refractivity (Wildman–Crippen MR) is 63.8 cm³/mol. The maximum atomic E-state index is 11.9. The molecular weight excluding hydrogens is 262 g/mol. The Balaban J connectivity index is 3.44. The van der Waals surface area contributed by atoms with Gasteiger partial charge in [0, 0.05) is 26.3 Å². The maximum Gasteiger partial charge on any atom is 0.330 e. The molecule has 0 aliphatic carbocycles. The second kappa shape index (κ2) is 5.04. The van der Waals surface area contributed by atoms with Gasteiger partial charge in [-0.2, -0.15) is 0 Å². The zero-order valence-electron chi connectivity index (χ0n) is 10.2. The zero-order valence-corrected chi connectivity index (χ0v) is 11.1. The number of aryl methyl sites for hydroxylation is 1. The van der Waals surface area contributed by atoms with E-state index in [2.05, 4.69) is 4.72 Å². The fourth-order valence-corrected chi connectivity index (χ4v) is 2.72. The molecule has 0 unspecified atom stereocenters. The third-order valence-corrected chi connectivity index (χ3v) is 3.91. The van der Waals surface area contributed by atoms with Gasteiger partial charge in [-0.3, -0.25) is 9.36 Å². The summed E-state index contributed by atoms with van der Waals surface area (Å²) in [4.78, 5) is 22.6. The Kier molecular flexibility index (Phi) is 4.09. The van der Waals surface area contributed by atoms with Gasteiger partial charge in [-0.1, -0.05) is 0 Å². The molecule has 1 aromatic rings. The summed E-state index contributed by atoms with van der Waals surface area (Å²) >= 11 is 0. The fourth-order valence-electron chi connectivity index (χ4n) is 1.33. The van der Waals surface area contributed by atoms with Crippen LogP contribution in [0.1, 0.15) is 6.92 Å². The van der Waals surface area contributed by atoms with Crippen LogP contribution >= 0.6 is 0 Å². The third-order valence-electron chi connectivity index (χ3n) is 2.33. The first-order valence-electron chi connectivity index (χ1n) is 5.10. The standard InChI is InChI=1S/C9H15N3O5S/c1-6(5-13)10-18(16,17)7-4-11(2)9(15)12(3)8(7)14/h4,6,10,13H,5H2,1-3H3/t6-/m0/s1. The van der Waals surface area contributed by atoms with Crippen molar-refractivity contribution in [2.45, 2.75) is 17.9 Å². The Morgan fingerprint density at radius 3 is 2.44 bits per heavy atom.